The third kappa shape index (κ3) is 1.92. The average molecular weight is 245 g/mol. The van der Waals surface area contributed by atoms with Crippen LogP contribution >= 0.6 is 0 Å². The van der Waals surface area contributed by atoms with Crippen molar-refractivity contribution in [1.82, 2.24) is 4.98 Å². The van der Waals surface area contributed by atoms with E-state index < -0.39 is 0 Å². The number of hydrogen-bond donors (Lipinski definition) is 2. The van der Waals surface area contributed by atoms with Gasteiger partial charge in [-0.25, -0.2) is 0 Å². The van der Waals surface area contributed by atoms with Gasteiger partial charge in [0.2, 0.25) is 0 Å². The molecular weight excluding hydrogens is 226 g/mol. The van der Waals surface area contributed by atoms with Gasteiger partial charge < -0.3 is 15.5 Å². The lowest BCUT2D eigenvalue weighted by atomic mass is 9.92. The van der Waals surface area contributed by atoms with Crippen molar-refractivity contribution in [3.63, 3.8) is 0 Å². The van der Waals surface area contributed by atoms with E-state index >= 15 is 0 Å². The molecule has 0 bridgehead atoms. The summed E-state index contributed by atoms with van der Waals surface area (Å²) >= 11 is 0. The number of oxazole rings is 1. The number of nitrogen functional groups attached to an aromatic ring is 1. The van der Waals surface area contributed by atoms with Crippen molar-refractivity contribution in [1.29, 1.82) is 0 Å². The average Bonchev–Trinajstić information content (AvgIpc) is 3.02. The number of benzene rings is 1. The Balaban J connectivity index is 1.75. The highest BCUT2D eigenvalue weighted by molar-refractivity contribution is 5.78. The normalized spacial score (nSPS) is 17.3. The summed E-state index contributed by atoms with van der Waals surface area (Å²) in [6.45, 7) is 5.50. The topological polar surface area (TPSA) is 64.1 Å². The van der Waals surface area contributed by atoms with Crippen LogP contribution in [0.25, 0.3) is 11.1 Å². The first kappa shape index (κ1) is 11.4. The fourth-order valence-corrected chi connectivity index (χ4v) is 2.39. The molecule has 18 heavy (non-hydrogen) atoms. The van der Waals surface area contributed by atoms with Gasteiger partial charge in [-0.15, -0.1) is 0 Å². The number of nitrogens with one attached hydrogen (secondary N) is 1. The second-order valence-electron chi connectivity index (χ2n) is 5.62. The lowest BCUT2D eigenvalue weighted by molar-refractivity contribution is 0.376. The quantitative estimate of drug-likeness (QED) is 0.811. The van der Waals surface area contributed by atoms with Crippen LogP contribution < -0.4 is 11.1 Å². The van der Waals surface area contributed by atoms with E-state index in [9.17, 15) is 0 Å². The van der Waals surface area contributed by atoms with Crippen molar-refractivity contribution in [3.8, 4) is 0 Å². The zero-order valence-corrected chi connectivity index (χ0v) is 10.9. The van der Waals surface area contributed by atoms with Crippen LogP contribution in [0.3, 0.4) is 0 Å². The monoisotopic (exact) mass is 245 g/mol. The van der Waals surface area contributed by atoms with Gasteiger partial charge in [-0.2, -0.15) is 4.98 Å². The SMILES string of the molecule is CC(C)C1(CNc2nc3ccc(N)cc3o2)CC1. The molecule has 0 amide bonds. The first-order valence-electron chi connectivity index (χ1n) is 6.49. The molecule has 1 aliphatic rings. The Labute approximate surface area is 107 Å². The highest BCUT2D eigenvalue weighted by Crippen LogP contribution is 2.51. The molecule has 0 saturated heterocycles. The van der Waals surface area contributed by atoms with Crippen molar-refractivity contribution in [3.05, 3.63) is 18.2 Å². The second kappa shape index (κ2) is 3.90. The van der Waals surface area contributed by atoms with Gasteiger partial charge in [-0.3, -0.25) is 0 Å². The first-order valence-corrected chi connectivity index (χ1v) is 6.49. The van der Waals surface area contributed by atoms with E-state index in [2.05, 4.69) is 24.1 Å². The molecule has 2 aromatic rings. The molecule has 1 saturated carbocycles. The van der Waals surface area contributed by atoms with Gasteiger partial charge in [0.05, 0.1) is 0 Å². The number of nitrogens with zero attached hydrogens (tertiary/aromatic N) is 1. The predicted octanol–water partition coefficient (Wildman–Crippen LogP) is 3.26. The fraction of sp³-hybridized carbons (Fsp3) is 0.500. The molecule has 1 aliphatic carbocycles. The van der Waals surface area contributed by atoms with Crippen LogP contribution in [0.1, 0.15) is 26.7 Å². The largest absolute Gasteiger partial charge is 0.423 e. The molecule has 3 N–H and O–H groups in total. The molecular formula is C14H19N3O. The number of rotatable bonds is 4. The summed E-state index contributed by atoms with van der Waals surface area (Å²) in [6.07, 6.45) is 2.59. The Morgan fingerprint density at radius 2 is 2.22 bits per heavy atom. The Bertz CT molecular complexity index is 569. The molecule has 0 spiro atoms. The lowest BCUT2D eigenvalue weighted by Gasteiger charge is -2.19. The van der Waals surface area contributed by atoms with E-state index in [1.807, 2.05) is 18.2 Å². The minimum Gasteiger partial charge on any atom is -0.423 e. The van der Waals surface area contributed by atoms with E-state index in [0.717, 1.165) is 17.6 Å². The molecule has 96 valence electrons. The second-order valence-corrected chi connectivity index (χ2v) is 5.62. The van der Waals surface area contributed by atoms with Crippen LogP contribution in [0.2, 0.25) is 0 Å². The smallest absolute Gasteiger partial charge is 0.295 e. The number of nitrogens with two attached hydrogens (primary N) is 1. The molecule has 1 fully saturated rings. The molecule has 4 nitrogen and oxygen atoms in total. The minimum atomic E-state index is 0.444. The molecule has 1 aromatic heterocycles. The van der Waals surface area contributed by atoms with Gasteiger partial charge in [0.1, 0.15) is 5.52 Å². The number of aromatic nitrogens is 1. The molecule has 1 heterocycles. The van der Waals surface area contributed by atoms with Crippen LogP contribution in [0.4, 0.5) is 11.7 Å². The third-order valence-corrected chi connectivity index (χ3v) is 4.12. The maximum Gasteiger partial charge on any atom is 0.295 e. The van der Waals surface area contributed by atoms with Crippen LogP contribution in [0, 0.1) is 11.3 Å². The zero-order valence-electron chi connectivity index (χ0n) is 10.9. The van der Waals surface area contributed by atoms with Crippen LogP contribution in [0.15, 0.2) is 22.6 Å². The summed E-state index contributed by atoms with van der Waals surface area (Å²) in [6, 6.07) is 6.13. The summed E-state index contributed by atoms with van der Waals surface area (Å²) < 4.78 is 5.65. The minimum absolute atomic E-state index is 0.444. The predicted molar refractivity (Wildman–Crippen MR) is 73.4 cm³/mol. The molecule has 0 aliphatic heterocycles. The summed E-state index contributed by atoms with van der Waals surface area (Å²) in [5.74, 6) is 0.699. The highest BCUT2D eigenvalue weighted by atomic mass is 16.4. The fourth-order valence-electron chi connectivity index (χ4n) is 2.39. The number of anilines is 2. The first-order chi connectivity index (χ1) is 8.59. The van der Waals surface area contributed by atoms with Gasteiger partial charge in [0, 0.05) is 18.3 Å². The number of fused-ring (bicyclic) bond motifs is 1. The molecule has 0 radical (unpaired) electrons. The van der Waals surface area contributed by atoms with Gasteiger partial charge in [0.25, 0.3) is 6.01 Å². The Hall–Kier alpha value is -1.71. The van der Waals surface area contributed by atoms with Crippen molar-refractivity contribution in [2.24, 2.45) is 11.3 Å². The summed E-state index contributed by atoms with van der Waals surface area (Å²) in [5.41, 5.74) is 8.45. The van der Waals surface area contributed by atoms with Crippen molar-refractivity contribution in [2.75, 3.05) is 17.6 Å². The Kier molecular flexibility index (Phi) is 2.47. The van der Waals surface area contributed by atoms with Crippen LogP contribution in [-0.4, -0.2) is 11.5 Å². The summed E-state index contributed by atoms with van der Waals surface area (Å²) in [5, 5.41) is 3.32. The van der Waals surface area contributed by atoms with Gasteiger partial charge >= 0.3 is 0 Å². The summed E-state index contributed by atoms with van der Waals surface area (Å²) in [7, 11) is 0. The third-order valence-electron chi connectivity index (χ3n) is 4.12. The molecule has 0 unspecified atom stereocenters. The van der Waals surface area contributed by atoms with E-state index in [1.165, 1.54) is 12.8 Å². The number of hydrogen-bond acceptors (Lipinski definition) is 4. The van der Waals surface area contributed by atoms with E-state index in [4.69, 9.17) is 10.2 Å². The maximum atomic E-state index is 5.72. The van der Waals surface area contributed by atoms with E-state index in [0.29, 0.717) is 23.0 Å². The van der Waals surface area contributed by atoms with Crippen LogP contribution in [-0.2, 0) is 0 Å². The van der Waals surface area contributed by atoms with E-state index in [-0.39, 0.29) is 0 Å². The zero-order chi connectivity index (χ0) is 12.8. The summed E-state index contributed by atoms with van der Waals surface area (Å²) in [4.78, 5) is 4.41. The maximum absolute atomic E-state index is 5.72. The molecule has 3 rings (SSSR count). The lowest BCUT2D eigenvalue weighted by Crippen LogP contribution is -2.20. The Morgan fingerprint density at radius 1 is 1.44 bits per heavy atom. The van der Waals surface area contributed by atoms with Crippen LogP contribution in [0.5, 0.6) is 0 Å². The van der Waals surface area contributed by atoms with Crippen molar-refractivity contribution >= 4 is 22.8 Å². The van der Waals surface area contributed by atoms with Crippen molar-refractivity contribution in [2.45, 2.75) is 26.7 Å². The van der Waals surface area contributed by atoms with Crippen molar-refractivity contribution < 1.29 is 4.42 Å². The molecule has 1 aromatic carbocycles. The molecule has 0 atom stereocenters. The highest BCUT2D eigenvalue weighted by Gasteiger charge is 2.45. The van der Waals surface area contributed by atoms with Gasteiger partial charge in [-0.05, 0) is 36.3 Å². The van der Waals surface area contributed by atoms with E-state index in [1.54, 1.807) is 0 Å². The van der Waals surface area contributed by atoms with Gasteiger partial charge in [0.15, 0.2) is 5.58 Å². The standard InChI is InChI=1S/C14H19N3O/c1-9(2)14(5-6-14)8-16-13-17-11-4-3-10(15)7-12(11)18-13/h3-4,7,9H,5-6,8,15H2,1-2H3,(H,16,17). The molecule has 4 heteroatoms. The Morgan fingerprint density at radius 3 is 2.89 bits per heavy atom. The van der Waals surface area contributed by atoms with Gasteiger partial charge in [-0.1, -0.05) is 13.8 Å².